The minimum Gasteiger partial charge on any atom is -0.481 e. The Labute approximate surface area is 93.3 Å². The first-order valence-corrected chi connectivity index (χ1v) is 5.62. The molecule has 0 aromatic carbocycles. The molecule has 0 aliphatic rings. The molecule has 0 fully saturated rings. The molecule has 2 N–H and O–H groups in total. The summed E-state index contributed by atoms with van der Waals surface area (Å²) in [6.45, 7) is 2.30. The fourth-order valence-electron chi connectivity index (χ4n) is 0.525. The van der Waals surface area contributed by atoms with Crippen LogP contribution in [0.1, 0.15) is 13.8 Å². The van der Waals surface area contributed by atoms with Crippen molar-refractivity contribution in [3.05, 3.63) is 0 Å². The van der Waals surface area contributed by atoms with Crippen LogP contribution in [-0.4, -0.2) is 35.4 Å². The molecule has 0 aromatic heterocycles. The Morgan fingerprint density at radius 3 is 1.62 bits per heavy atom. The maximum absolute atomic E-state index is 11.0. The van der Waals surface area contributed by atoms with Gasteiger partial charge in [0.15, 0.2) is 0 Å². The van der Waals surface area contributed by atoms with Crippen LogP contribution in [-0.2, 0) is 23.2 Å². The summed E-state index contributed by atoms with van der Waals surface area (Å²) in [4.78, 5) is 20.7. The molecule has 0 amide bonds. The van der Waals surface area contributed by atoms with Gasteiger partial charge in [-0.2, -0.15) is 0 Å². The van der Waals surface area contributed by atoms with Gasteiger partial charge < -0.3 is 10.2 Å². The molecule has 0 radical (unpaired) electrons. The Hall–Kier alpha value is -1.04. The van der Waals surface area contributed by atoms with Crippen molar-refractivity contribution in [3.63, 3.8) is 0 Å². The predicted octanol–water partition coefficient (Wildman–Crippen LogP) is 1.12. The Morgan fingerprint density at radius 1 is 1.06 bits per heavy atom. The van der Waals surface area contributed by atoms with E-state index >= 15 is 0 Å². The smallest absolute Gasteiger partial charge is 0.481 e. The zero-order valence-corrected chi connectivity index (χ0v) is 9.85. The van der Waals surface area contributed by atoms with Gasteiger partial charge in [0, 0.05) is 4.57 Å². The molecule has 0 aromatic rings. The van der Waals surface area contributed by atoms with Crippen molar-refractivity contribution in [2.75, 3.05) is 13.2 Å². The number of carboxylic acid groups (broad SMARTS) is 2. The SMILES string of the molecule is CC(CO[P+](=O)OCC(C)C(=O)O)C(=O)O. The van der Waals surface area contributed by atoms with Crippen LogP contribution in [0.25, 0.3) is 0 Å². The van der Waals surface area contributed by atoms with Crippen LogP contribution in [0, 0.1) is 11.8 Å². The topological polar surface area (TPSA) is 110 Å². The Kier molecular flexibility index (Phi) is 6.80. The van der Waals surface area contributed by atoms with E-state index in [9.17, 15) is 14.2 Å². The van der Waals surface area contributed by atoms with Crippen molar-refractivity contribution in [2.24, 2.45) is 11.8 Å². The van der Waals surface area contributed by atoms with Crippen molar-refractivity contribution in [3.8, 4) is 0 Å². The largest absolute Gasteiger partial charge is 0.697 e. The van der Waals surface area contributed by atoms with E-state index in [4.69, 9.17) is 10.2 Å². The van der Waals surface area contributed by atoms with E-state index in [1.54, 1.807) is 0 Å². The van der Waals surface area contributed by atoms with Crippen molar-refractivity contribution < 1.29 is 33.4 Å². The quantitative estimate of drug-likeness (QED) is 0.623. The van der Waals surface area contributed by atoms with Gasteiger partial charge >= 0.3 is 20.2 Å². The molecule has 7 nitrogen and oxygen atoms in total. The highest BCUT2D eigenvalue weighted by Crippen LogP contribution is 2.25. The zero-order valence-electron chi connectivity index (χ0n) is 8.95. The van der Waals surface area contributed by atoms with Gasteiger partial charge in [-0.25, -0.2) is 0 Å². The minimum absolute atomic E-state index is 0.244. The van der Waals surface area contributed by atoms with Crippen LogP contribution in [0.15, 0.2) is 0 Å². The second-order valence-electron chi connectivity index (χ2n) is 3.29. The molecule has 2 unspecified atom stereocenters. The monoisotopic (exact) mass is 253 g/mol. The molecule has 0 aliphatic heterocycles. The van der Waals surface area contributed by atoms with Gasteiger partial charge in [-0.3, -0.25) is 9.59 Å². The molecule has 8 heteroatoms. The molecular weight excluding hydrogens is 239 g/mol. The first-order valence-electron chi connectivity index (χ1n) is 4.53. The van der Waals surface area contributed by atoms with E-state index in [1.165, 1.54) is 13.8 Å². The van der Waals surface area contributed by atoms with Gasteiger partial charge in [0.25, 0.3) is 0 Å². The fraction of sp³-hybridized carbons (Fsp3) is 0.750. The highest BCUT2D eigenvalue weighted by Gasteiger charge is 2.26. The molecule has 0 spiro atoms. The third kappa shape index (κ3) is 6.44. The molecule has 0 aliphatic carbocycles. The van der Waals surface area contributed by atoms with E-state index in [0.29, 0.717) is 0 Å². The summed E-state index contributed by atoms with van der Waals surface area (Å²) >= 11 is 0. The first kappa shape index (κ1) is 15.0. The molecule has 0 rings (SSSR count). The van der Waals surface area contributed by atoms with E-state index in [2.05, 4.69) is 9.05 Å². The van der Waals surface area contributed by atoms with E-state index in [0.717, 1.165) is 0 Å². The molecule has 92 valence electrons. The van der Waals surface area contributed by atoms with E-state index < -0.39 is 32.0 Å². The molecule has 0 heterocycles. The Balaban J connectivity index is 3.75. The zero-order chi connectivity index (χ0) is 12.7. The van der Waals surface area contributed by atoms with Crippen LogP contribution in [0.5, 0.6) is 0 Å². The number of aliphatic carboxylic acids is 2. The second-order valence-corrected chi connectivity index (χ2v) is 4.26. The molecule has 0 saturated heterocycles. The lowest BCUT2D eigenvalue weighted by Crippen LogP contribution is -2.16. The van der Waals surface area contributed by atoms with Gasteiger partial charge in [-0.1, -0.05) is 0 Å². The Bertz CT molecular complexity index is 252. The summed E-state index contributed by atoms with van der Waals surface area (Å²) in [6.07, 6.45) is 0. The van der Waals surface area contributed by atoms with Gasteiger partial charge in [0.2, 0.25) is 0 Å². The lowest BCUT2D eigenvalue weighted by atomic mass is 10.2. The van der Waals surface area contributed by atoms with Crippen LogP contribution in [0.3, 0.4) is 0 Å². The molecule has 0 saturated carbocycles. The second kappa shape index (κ2) is 7.27. The van der Waals surface area contributed by atoms with Gasteiger partial charge in [-0.15, -0.1) is 9.05 Å². The van der Waals surface area contributed by atoms with Crippen molar-refractivity contribution in [1.29, 1.82) is 0 Å². The normalized spacial score (nSPS) is 15.2. The summed E-state index contributed by atoms with van der Waals surface area (Å²) in [5, 5.41) is 17.0. The molecule has 2 atom stereocenters. The van der Waals surface area contributed by atoms with E-state index in [-0.39, 0.29) is 13.2 Å². The standard InChI is InChI=1S/C8H13O7P/c1-5(7(9)10)3-14-16(13)15-4-6(2)8(11)12/h5-6H,3-4H2,1-2H3,(H-,9,10,11,12)/p+1. The third-order valence-electron chi connectivity index (χ3n) is 1.70. The summed E-state index contributed by atoms with van der Waals surface area (Å²) < 4.78 is 20.2. The van der Waals surface area contributed by atoms with Crippen LogP contribution in [0.2, 0.25) is 0 Å². The minimum atomic E-state index is -2.47. The number of rotatable bonds is 8. The lowest BCUT2D eigenvalue weighted by molar-refractivity contribution is -0.142. The highest BCUT2D eigenvalue weighted by molar-refractivity contribution is 7.33. The van der Waals surface area contributed by atoms with E-state index in [1.807, 2.05) is 0 Å². The number of hydrogen-bond acceptors (Lipinski definition) is 5. The van der Waals surface area contributed by atoms with Crippen LogP contribution < -0.4 is 0 Å². The summed E-state index contributed by atoms with van der Waals surface area (Å²) in [6, 6.07) is 0. The highest BCUT2D eigenvalue weighted by atomic mass is 31.1. The van der Waals surface area contributed by atoms with Crippen molar-refractivity contribution in [1.82, 2.24) is 0 Å². The van der Waals surface area contributed by atoms with Crippen molar-refractivity contribution >= 4 is 20.2 Å². The number of hydrogen-bond donors (Lipinski definition) is 2. The fourth-order valence-corrected chi connectivity index (χ4v) is 1.29. The van der Waals surface area contributed by atoms with Crippen LogP contribution >= 0.6 is 8.25 Å². The number of carboxylic acids is 2. The summed E-state index contributed by atoms with van der Waals surface area (Å²) in [7, 11) is -2.47. The average molecular weight is 253 g/mol. The molecule has 0 bridgehead atoms. The summed E-state index contributed by atoms with van der Waals surface area (Å²) in [5.41, 5.74) is 0. The van der Waals surface area contributed by atoms with Crippen molar-refractivity contribution in [2.45, 2.75) is 13.8 Å². The number of carbonyl (C=O) groups is 2. The summed E-state index contributed by atoms with van der Waals surface area (Å²) in [5.74, 6) is -3.72. The maximum atomic E-state index is 11.0. The Morgan fingerprint density at radius 2 is 1.38 bits per heavy atom. The first-order chi connectivity index (χ1) is 7.34. The van der Waals surface area contributed by atoms with Crippen LogP contribution in [0.4, 0.5) is 0 Å². The molecule has 16 heavy (non-hydrogen) atoms. The average Bonchev–Trinajstić information content (AvgIpc) is 2.21. The predicted molar refractivity (Wildman–Crippen MR) is 53.1 cm³/mol. The molecular formula is C8H14O7P+. The van der Waals surface area contributed by atoms with Gasteiger partial charge in [0.05, 0.1) is 11.8 Å². The third-order valence-corrected chi connectivity index (χ3v) is 2.42. The van der Waals surface area contributed by atoms with Gasteiger partial charge in [0.1, 0.15) is 13.2 Å². The maximum Gasteiger partial charge on any atom is 0.697 e. The lowest BCUT2D eigenvalue weighted by Gasteiger charge is -2.00. The van der Waals surface area contributed by atoms with Gasteiger partial charge in [-0.05, 0) is 13.8 Å².